The Balaban J connectivity index is 1.79. The third-order valence-electron chi connectivity index (χ3n) is 4.68. The Morgan fingerprint density at radius 3 is 2.33 bits per heavy atom. The molecule has 2 heterocycles. The minimum Gasteiger partial charge on any atom is -0.462 e. The normalized spacial score (nSPS) is 12.9. The molecule has 0 atom stereocenters. The van der Waals surface area contributed by atoms with E-state index in [1.54, 1.807) is 31.2 Å². The minimum atomic E-state index is -0.346. The molecule has 1 fully saturated rings. The molecule has 3 aromatic rings. The molecule has 0 radical (unpaired) electrons. The number of ketones is 1. The van der Waals surface area contributed by atoms with Crippen molar-refractivity contribution in [3.63, 3.8) is 0 Å². The van der Waals surface area contributed by atoms with Gasteiger partial charge in [0.2, 0.25) is 0 Å². The summed E-state index contributed by atoms with van der Waals surface area (Å²) in [6.45, 7) is 5.45. The number of ether oxygens (including phenoxy) is 1. The summed E-state index contributed by atoms with van der Waals surface area (Å²) in [6.07, 6.45) is 0. The summed E-state index contributed by atoms with van der Waals surface area (Å²) in [5.41, 5.74) is 3.45. The molecule has 0 unspecified atom stereocenters. The van der Waals surface area contributed by atoms with E-state index in [-0.39, 0.29) is 11.8 Å². The van der Waals surface area contributed by atoms with Crippen molar-refractivity contribution in [3.05, 3.63) is 65.7 Å². The lowest BCUT2D eigenvalue weighted by Crippen LogP contribution is -2.08. The molecule has 0 spiro atoms. The first-order valence-electron chi connectivity index (χ1n) is 9.75. The van der Waals surface area contributed by atoms with Crippen molar-refractivity contribution in [3.8, 4) is 11.1 Å². The molecule has 2 aromatic carbocycles. The number of thiophene rings is 1. The third-order valence-corrected chi connectivity index (χ3v) is 5.81. The van der Waals surface area contributed by atoms with Crippen LogP contribution >= 0.6 is 11.3 Å². The van der Waals surface area contributed by atoms with Crippen molar-refractivity contribution < 1.29 is 14.3 Å². The molecule has 0 bridgehead atoms. The van der Waals surface area contributed by atoms with Crippen LogP contribution in [-0.2, 0) is 4.74 Å². The molecule has 4 rings (SSSR count). The average molecular weight is 420 g/mol. The van der Waals surface area contributed by atoms with Crippen molar-refractivity contribution >= 4 is 38.8 Å². The van der Waals surface area contributed by atoms with Crippen molar-refractivity contribution in [1.29, 1.82) is 0 Å². The maximum absolute atomic E-state index is 12.8. The van der Waals surface area contributed by atoms with Gasteiger partial charge in [-0.05, 0) is 43.7 Å². The Hall–Kier alpha value is -3.32. The van der Waals surface area contributed by atoms with Gasteiger partial charge in [-0.2, -0.15) is 0 Å². The van der Waals surface area contributed by atoms with E-state index in [4.69, 9.17) is 4.74 Å². The highest BCUT2D eigenvalue weighted by molar-refractivity contribution is 7.21. The van der Waals surface area contributed by atoms with Gasteiger partial charge in [0.25, 0.3) is 0 Å². The molecule has 7 heteroatoms. The average Bonchev–Trinajstić information content (AvgIpc) is 3.53. The van der Waals surface area contributed by atoms with Gasteiger partial charge >= 0.3 is 5.97 Å². The molecule has 152 valence electrons. The fourth-order valence-corrected chi connectivity index (χ4v) is 4.27. The first-order valence-corrected chi connectivity index (χ1v) is 10.6. The predicted octanol–water partition coefficient (Wildman–Crippen LogP) is 6.03. The number of Topliss-reactive ketones (excluding diaryl/α,β-unsaturated/α-hetero) is 1. The molecule has 30 heavy (non-hydrogen) atoms. The molecule has 6 nitrogen and oxygen atoms in total. The first kappa shape index (κ1) is 20.0. The van der Waals surface area contributed by atoms with Gasteiger partial charge in [-0.15, -0.1) is 10.2 Å². The van der Waals surface area contributed by atoms with Gasteiger partial charge in [0.05, 0.1) is 12.3 Å². The molecule has 0 saturated carbocycles. The van der Waals surface area contributed by atoms with Crippen LogP contribution in [0.1, 0.15) is 34.6 Å². The number of hydrogen-bond acceptors (Lipinski definition) is 7. The zero-order chi connectivity index (χ0) is 21.1. The summed E-state index contributed by atoms with van der Waals surface area (Å²) in [6, 6.07) is 16.7. The fraction of sp³-hybridized carbons (Fsp3) is 0.217. The van der Waals surface area contributed by atoms with Crippen LogP contribution < -0.4 is 4.90 Å². The number of azo groups is 1. The quantitative estimate of drug-likeness (QED) is 0.203. The zero-order valence-electron chi connectivity index (χ0n) is 16.8. The number of esters is 1. The zero-order valence-corrected chi connectivity index (χ0v) is 17.6. The summed E-state index contributed by atoms with van der Waals surface area (Å²) in [5.74, 6) is -0.341. The van der Waals surface area contributed by atoms with Crippen LogP contribution in [0.3, 0.4) is 0 Å². The lowest BCUT2D eigenvalue weighted by Gasteiger charge is -2.08. The first-order chi connectivity index (χ1) is 14.6. The summed E-state index contributed by atoms with van der Waals surface area (Å²) in [4.78, 5) is 26.4. The SMILES string of the molecule is CCOC(=O)c1c(N2CC2)sc(N=Nc2ccc(C(C)=O)cc2)c1-c1ccccc1. The Morgan fingerprint density at radius 1 is 1.03 bits per heavy atom. The maximum atomic E-state index is 12.8. The summed E-state index contributed by atoms with van der Waals surface area (Å²) in [7, 11) is 0. The van der Waals surface area contributed by atoms with E-state index in [0.717, 1.165) is 29.2 Å². The van der Waals surface area contributed by atoms with Gasteiger partial charge in [-0.3, -0.25) is 4.79 Å². The molecule has 0 N–H and O–H groups in total. The fourth-order valence-electron chi connectivity index (χ4n) is 3.08. The number of hydrogen-bond donors (Lipinski definition) is 0. The Bertz CT molecular complexity index is 1100. The van der Waals surface area contributed by atoms with E-state index in [0.29, 0.717) is 28.4 Å². The van der Waals surface area contributed by atoms with Crippen LogP contribution in [0.25, 0.3) is 11.1 Å². The monoisotopic (exact) mass is 419 g/mol. The van der Waals surface area contributed by atoms with Crippen molar-refractivity contribution in [2.45, 2.75) is 13.8 Å². The summed E-state index contributed by atoms with van der Waals surface area (Å²) < 4.78 is 5.36. The molecular weight excluding hydrogens is 398 g/mol. The second kappa shape index (κ2) is 8.59. The Kier molecular flexibility index (Phi) is 5.72. The van der Waals surface area contributed by atoms with Gasteiger partial charge in [-0.25, -0.2) is 4.79 Å². The van der Waals surface area contributed by atoms with E-state index in [1.165, 1.54) is 18.3 Å². The standard InChI is InChI=1S/C23H21N3O3S/c1-3-29-23(28)20-19(17-7-5-4-6-8-17)21(30-22(20)26-13-14-26)25-24-18-11-9-16(10-12-18)15(2)27/h4-12H,3,13-14H2,1-2H3. The van der Waals surface area contributed by atoms with Crippen molar-refractivity contribution in [2.75, 3.05) is 24.6 Å². The Morgan fingerprint density at radius 2 is 1.73 bits per heavy atom. The summed E-state index contributed by atoms with van der Waals surface area (Å²) >= 11 is 1.44. The molecule has 1 aromatic heterocycles. The number of carbonyl (C=O) groups excluding carboxylic acids is 2. The van der Waals surface area contributed by atoms with Gasteiger partial charge < -0.3 is 9.64 Å². The highest BCUT2D eigenvalue weighted by atomic mass is 32.1. The van der Waals surface area contributed by atoms with Crippen LogP contribution in [0.5, 0.6) is 0 Å². The van der Waals surface area contributed by atoms with E-state index >= 15 is 0 Å². The van der Waals surface area contributed by atoms with Gasteiger partial charge in [0.15, 0.2) is 5.78 Å². The van der Waals surface area contributed by atoms with E-state index in [9.17, 15) is 9.59 Å². The van der Waals surface area contributed by atoms with Crippen LogP contribution in [0, 0.1) is 0 Å². The molecule has 1 saturated heterocycles. The molecular formula is C23H21N3O3S. The van der Waals surface area contributed by atoms with Gasteiger partial charge in [0.1, 0.15) is 15.6 Å². The number of rotatable bonds is 7. The van der Waals surface area contributed by atoms with E-state index < -0.39 is 0 Å². The molecule has 1 aliphatic heterocycles. The highest BCUT2D eigenvalue weighted by Crippen LogP contribution is 2.49. The smallest absolute Gasteiger partial charge is 0.341 e. The van der Waals surface area contributed by atoms with E-state index in [1.807, 2.05) is 30.3 Å². The Labute approximate surface area is 178 Å². The minimum absolute atomic E-state index is 0.00492. The predicted molar refractivity (Wildman–Crippen MR) is 119 cm³/mol. The third kappa shape index (κ3) is 4.16. The molecule has 1 aliphatic rings. The van der Waals surface area contributed by atoms with Crippen LogP contribution in [-0.4, -0.2) is 31.4 Å². The van der Waals surface area contributed by atoms with Gasteiger partial charge in [0, 0.05) is 24.2 Å². The lowest BCUT2D eigenvalue weighted by molar-refractivity contribution is 0.0528. The highest BCUT2D eigenvalue weighted by Gasteiger charge is 2.32. The molecule has 0 amide bonds. The molecule has 0 aliphatic carbocycles. The number of carbonyl (C=O) groups is 2. The maximum Gasteiger partial charge on any atom is 0.341 e. The summed E-state index contributed by atoms with van der Waals surface area (Å²) in [5, 5.41) is 10.4. The van der Waals surface area contributed by atoms with Crippen molar-refractivity contribution in [2.24, 2.45) is 10.2 Å². The largest absolute Gasteiger partial charge is 0.462 e. The number of benzene rings is 2. The van der Waals surface area contributed by atoms with Crippen LogP contribution in [0.2, 0.25) is 0 Å². The number of anilines is 1. The second-order valence-electron chi connectivity index (χ2n) is 6.84. The lowest BCUT2D eigenvalue weighted by atomic mass is 10.0. The van der Waals surface area contributed by atoms with Gasteiger partial charge in [-0.1, -0.05) is 41.7 Å². The van der Waals surface area contributed by atoms with Crippen molar-refractivity contribution in [1.82, 2.24) is 0 Å². The van der Waals surface area contributed by atoms with Crippen LogP contribution in [0.4, 0.5) is 15.7 Å². The second-order valence-corrected chi connectivity index (χ2v) is 7.82. The van der Waals surface area contributed by atoms with E-state index in [2.05, 4.69) is 15.1 Å². The number of nitrogens with zero attached hydrogens (tertiary/aromatic N) is 3. The van der Waals surface area contributed by atoms with Crippen LogP contribution in [0.15, 0.2) is 64.8 Å². The topological polar surface area (TPSA) is 71.1 Å².